The average molecular weight is 400 g/mol. The van der Waals surface area contributed by atoms with Gasteiger partial charge in [0.15, 0.2) is 0 Å². The first-order valence-corrected chi connectivity index (χ1v) is 8.56. The van der Waals surface area contributed by atoms with E-state index in [9.17, 15) is 29.4 Å². The van der Waals surface area contributed by atoms with Crippen molar-refractivity contribution < 1.29 is 29.3 Å². The van der Waals surface area contributed by atoms with Crippen molar-refractivity contribution in [1.82, 2.24) is 4.98 Å². The quantitative estimate of drug-likeness (QED) is 0.375. The molecule has 0 bridgehead atoms. The second-order valence-corrected chi connectivity index (χ2v) is 6.45. The average Bonchev–Trinajstić information content (AvgIpc) is 3.15. The lowest BCUT2D eigenvalue weighted by Gasteiger charge is -2.13. The second-order valence-electron chi connectivity index (χ2n) is 5.50. The molecule has 10 heteroatoms. The molecule has 3 rings (SSSR count). The zero-order valence-electron chi connectivity index (χ0n) is 14.0. The molecular formula is C18H12N2O7S. The van der Waals surface area contributed by atoms with Gasteiger partial charge in [0, 0.05) is 5.56 Å². The van der Waals surface area contributed by atoms with Crippen LogP contribution < -0.4 is 16.0 Å². The molecule has 0 amide bonds. The van der Waals surface area contributed by atoms with E-state index < -0.39 is 40.4 Å². The molecule has 5 N–H and O–H groups in total. The van der Waals surface area contributed by atoms with Gasteiger partial charge < -0.3 is 25.7 Å². The highest BCUT2D eigenvalue weighted by atomic mass is 32.1. The summed E-state index contributed by atoms with van der Waals surface area (Å²) >= 11 is 1.18. The van der Waals surface area contributed by atoms with Gasteiger partial charge in [0.25, 0.3) is 5.56 Å². The maximum Gasteiger partial charge on any atom is 0.353 e. The molecule has 0 aliphatic heterocycles. The van der Waals surface area contributed by atoms with Gasteiger partial charge in [0.1, 0.15) is 27.6 Å². The van der Waals surface area contributed by atoms with Crippen LogP contribution in [0.25, 0.3) is 11.1 Å². The molecule has 2 aromatic heterocycles. The van der Waals surface area contributed by atoms with E-state index in [0.717, 1.165) is 0 Å². The first-order chi connectivity index (χ1) is 13.3. The van der Waals surface area contributed by atoms with Crippen molar-refractivity contribution in [2.24, 2.45) is 0 Å². The van der Waals surface area contributed by atoms with Gasteiger partial charge in [-0.15, -0.1) is 11.3 Å². The van der Waals surface area contributed by atoms with E-state index in [1.807, 2.05) is 4.98 Å². The van der Waals surface area contributed by atoms with E-state index >= 15 is 0 Å². The van der Waals surface area contributed by atoms with E-state index in [1.54, 1.807) is 17.5 Å². The summed E-state index contributed by atoms with van der Waals surface area (Å²) in [7, 11) is 0. The molecule has 142 valence electrons. The molecule has 0 saturated heterocycles. The predicted molar refractivity (Wildman–Crippen MR) is 100 cm³/mol. The van der Waals surface area contributed by atoms with Crippen LogP contribution in [0.1, 0.15) is 30.4 Å². The van der Waals surface area contributed by atoms with Crippen LogP contribution in [0.3, 0.4) is 0 Å². The smallest absolute Gasteiger partial charge is 0.353 e. The minimum absolute atomic E-state index is 0.0439. The number of carbonyl (C=O) groups is 3. The second kappa shape index (κ2) is 7.37. The van der Waals surface area contributed by atoms with Crippen molar-refractivity contribution in [2.45, 2.75) is 0 Å². The van der Waals surface area contributed by atoms with Gasteiger partial charge in [0.05, 0.1) is 0 Å². The predicted octanol–water partition coefficient (Wildman–Crippen LogP) is 2.30. The van der Waals surface area contributed by atoms with Crippen molar-refractivity contribution in [2.75, 3.05) is 5.73 Å². The zero-order valence-corrected chi connectivity index (χ0v) is 14.8. The SMILES string of the molecule is Nc1[nH]c(=O)c(C(=O)O)c(-c2cccc(OC(=O)c3cccs3)c2)c1C(=O)O. The fourth-order valence-corrected chi connectivity index (χ4v) is 3.20. The first kappa shape index (κ1) is 18.9. The van der Waals surface area contributed by atoms with Crippen LogP contribution in [0.15, 0.2) is 46.6 Å². The Bertz CT molecular complexity index is 1150. The number of aromatic amines is 1. The van der Waals surface area contributed by atoms with Crippen LogP contribution in [-0.2, 0) is 0 Å². The van der Waals surface area contributed by atoms with Gasteiger partial charge in [-0.2, -0.15) is 0 Å². The molecule has 0 aliphatic carbocycles. The normalized spacial score (nSPS) is 10.4. The number of pyridine rings is 1. The number of nitrogens with one attached hydrogen (secondary N) is 1. The topological polar surface area (TPSA) is 160 Å². The maximum atomic E-state index is 12.1. The molecule has 1 aromatic carbocycles. The van der Waals surface area contributed by atoms with Gasteiger partial charge in [-0.05, 0) is 29.1 Å². The van der Waals surface area contributed by atoms with Gasteiger partial charge in [-0.3, -0.25) is 4.79 Å². The summed E-state index contributed by atoms with van der Waals surface area (Å²) in [6.45, 7) is 0. The zero-order chi connectivity index (χ0) is 20.4. The lowest BCUT2D eigenvalue weighted by Crippen LogP contribution is -2.24. The lowest BCUT2D eigenvalue weighted by molar-refractivity contribution is 0.0693. The Morgan fingerprint density at radius 3 is 2.36 bits per heavy atom. The van der Waals surface area contributed by atoms with Gasteiger partial charge in [0.2, 0.25) is 0 Å². The Kier molecular flexibility index (Phi) is 4.96. The highest BCUT2D eigenvalue weighted by molar-refractivity contribution is 7.12. The van der Waals surface area contributed by atoms with Crippen molar-refractivity contribution in [1.29, 1.82) is 0 Å². The molecule has 0 spiro atoms. The lowest BCUT2D eigenvalue weighted by atomic mass is 9.95. The molecule has 0 saturated carbocycles. The van der Waals surface area contributed by atoms with E-state index in [1.165, 1.54) is 35.6 Å². The Morgan fingerprint density at radius 1 is 1.04 bits per heavy atom. The summed E-state index contributed by atoms with van der Waals surface area (Å²) in [6, 6.07) is 8.76. The molecule has 9 nitrogen and oxygen atoms in total. The number of aromatic carboxylic acids is 2. The largest absolute Gasteiger partial charge is 0.478 e. The molecular weight excluding hydrogens is 388 g/mol. The fraction of sp³-hybridized carbons (Fsp3) is 0. The first-order valence-electron chi connectivity index (χ1n) is 7.68. The number of carboxylic acids is 2. The number of carboxylic acid groups (broad SMARTS) is 2. The van der Waals surface area contributed by atoms with Gasteiger partial charge in [-0.25, -0.2) is 14.4 Å². The third kappa shape index (κ3) is 3.48. The number of benzene rings is 1. The summed E-state index contributed by atoms with van der Waals surface area (Å²) in [5.74, 6) is -4.22. The van der Waals surface area contributed by atoms with Crippen molar-refractivity contribution in [3.05, 3.63) is 68.1 Å². The van der Waals surface area contributed by atoms with E-state index in [0.29, 0.717) is 4.88 Å². The Labute approximate surface area is 160 Å². The molecule has 2 heterocycles. The molecule has 0 fully saturated rings. The third-order valence-corrected chi connectivity index (χ3v) is 4.58. The number of hydrogen-bond donors (Lipinski definition) is 4. The minimum Gasteiger partial charge on any atom is -0.478 e. The Balaban J connectivity index is 2.16. The number of nitrogen functional groups attached to an aromatic ring is 1. The summed E-state index contributed by atoms with van der Waals surface area (Å²) in [5, 5.41) is 20.6. The number of ether oxygens (including phenoxy) is 1. The highest BCUT2D eigenvalue weighted by Gasteiger charge is 2.26. The van der Waals surface area contributed by atoms with Crippen LogP contribution in [-0.4, -0.2) is 33.1 Å². The van der Waals surface area contributed by atoms with Crippen molar-refractivity contribution in [3.63, 3.8) is 0 Å². The Hall–Kier alpha value is -3.92. The van der Waals surface area contributed by atoms with Crippen LogP contribution >= 0.6 is 11.3 Å². The fourth-order valence-electron chi connectivity index (χ4n) is 2.60. The van der Waals surface area contributed by atoms with Crippen molar-refractivity contribution >= 4 is 35.1 Å². The summed E-state index contributed by atoms with van der Waals surface area (Å²) < 4.78 is 5.24. The van der Waals surface area contributed by atoms with Crippen LogP contribution in [0.4, 0.5) is 5.82 Å². The number of thiophene rings is 1. The Morgan fingerprint density at radius 2 is 1.75 bits per heavy atom. The number of carbonyl (C=O) groups excluding carboxylic acids is 1. The summed E-state index contributed by atoms with van der Waals surface area (Å²) in [5.41, 5.74) is 2.86. The number of anilines is 1. The van der Waals surface area contributed by atoms with Crippen LogP contribution in [0, 0.1) is 0 Å². The number of nitrogens with two attached hydrogens (primary N) is 1. The van der Waals surface area contributed by atoms with E-state index in [4.69, 9.17) is 10.5 Å². The number of H-pyrrole nitrogens is 1. The standard InChI is InChI=1S/C18H12N2O7S/c19-14-12(16(22)23)11(13(17(24)25)15(21)20-14)8-3-1-4-9(7-8)27-18(26)10-5-2-6-28-10/h1-7H,(H,22,23)(H,24,25)(H3,19,20,21). The number of hydrogen-bond acceptors (Lipinski definition) is 7. The van der Waals surface area contributed by atoms with Gasteiger partial charge in [-0.1, -0.05) is 18.2 Å². The number of aromatic nitrogens is 1. The highest BCUT2D eigenvalue weighted by Crippen LogP contribution is 2.31. The molecule has 0 radical (unpaired) electrons. The monoisotopic (exact) mass is 400 g/mol. The minimum atomic E-state index is -1.63. The summed E-state index contributed by atoms with van der Waals surface area (Å²) in [4.78, 5) is 49.8. The van der Waals surface area contributed by atoms with Crippen LogP contribution in [0.2, 0.25) is 0 Å². The van der Waals surface area contributed by atoms with Crippen LogP contribution in [0.5, 0.6) is 5.75 Å². The number of esters is 1. The van der Waals surface area contributed by atoms with Gasteiger partial charge >= 0.3 is 17.9 Å². The molecule has 0 aliphatic rings. The third-order valence-electron chi connectivity index (χ3n) is 3.73. The summed E-state index contributed by atoms with van der Waals surface area (Å²) in [6.07, 6.45) is 0. The van der Waals surface area contributed by atoms with E-state index in [2.05, 4.69) is 0 Å². The molecule has 28 heavy (non-hydrogen) atoms. The number of rotatable bonds is 5. The van der Waals surface area contributed by atoms with E-state index in [-0.39, 0.29) is 16.9 Å². The molecule has 3 aromatic rings. The van der Waals surface area contributed by atoms with Crippen molar-refractivity contribution in [3.8, 4) is 16.9 Å². The maximum absolute atomic E-state index is 12.1. The molecule has 0 unspecified atom stereocenters. The molecule has 0 atom stereocenters.